The first-order chi connectivity index (χ1) is 17.6. The Morgan fingerprint density at radius 2 is 1.66 bits per heavy atom. The number of benzene rings is 2. The number of halogens is 4. The van der Waals surface area contributed by atoms with Gasteiger partial charge in [0.25, 0.3) is 5.91 Å². The standard InChI is InChI=1S/C25H28F4N4O4S/c1-15-12-18(31-3)13-16(2)19(15)6-11-38(36,37)33-9-7-24(8-10-33,23(30)35)32-22(34)17-4-5-21(26)20(14-17)25(27,28)29/h4-6,11-14,31H,7-10H2,1-3H3,(H2,30,35)(H,32,34)/b11-6+. The number of hydrogen-bond acceptors (Lipinski definition) is 5. The van der Waals surface area contributed by atoms with Gasteiger partial charge in [0.2, 0.25) is 15.9 Å². The fraction of sp³-hybridized carbons (Fsp3) is 0.360. The highest BCUT2D eigenvalue weighted by atomic mass is 32.2. The monoisotopic (exact) mass is 556 g/mol. The highest BCUT2D eigenvalue weighted by Gasteiger charge is 2.44. The van der Waals surface area contributed by atoms with E-state index in [1.807, 2.05) is 26.0 Å². The lowest BCUT2D eigenvalue weighted by Gasteiger charge is -2.39. The van der Waals surface area contributed by atoms with E-state index in [0.717, 1.165) is 38.2 Å². The number of hydrogen-bond donors (Lipinski definition) is 3. The van der Waals surface area contributed by atoms with Crippen molar-refractivity contribution >= 4 is 33.6 Å². The number of carbonyl (C=O) groups excluding carboxylic acids is 2. The Morgan fingerprint density at radius 1 is 1.08 bits per heavy atom. The van der Waals surface area contributed by atoms with Crippen molar-refractivity contribution in [3.8, 4) is 0 Å². The number of nitrogens with one attached hydrogen (secondary N) is 2. The van der Waals surface area contributed by atoms with E-state index in [9.17, 15) is 35.6 Å². The highest BCUT2D eigenvalue weighted by Crippen LogP contribution is 2.32. The van der Waals surface area contributed by atoms with Crippen LogP contribution in [0.15, 0.2) is 35.7 Å². The number of nitrogens with two attached hydrogens (primary N) is 1. The predicted molar refractivity (Wildman–Crippen MR) is 135 cm³/mol. The molecule has 1 fully saturated rings. The summed E-state index contributed by atoms with van der Waals surface area (Å²) in [6.45, 7) is 3.35. The second-order valence-corrected chi connectivity index (χ2v) is 10.9. The number of rotatable bonds is 7. The Balaban J connectivity index is 1.77. The summed E-state index contributed by atoms with van der Waals surface area (Å²) in [6, 6.07) is 5.46. The van der Waals surface area contributed by atoms with E-state index < -0.39 is 50.5 Å². The number of amides is 2. The molecule has 0 aromatic heterocycles. The van der Waals surface area contributed by atoms with Crippen molar-refractivity contribution in [3.63, 3.8) is 0 Å². The van der Waals surface area contributed by atoms with Gasteiger partial charge < -0.3 is 16.4 Å². The van der Waals surface area contributed by atoms with Crippen LogP contribution in [-0.2, 0) is 21.0 Å². The van der Waals surface area contributed by atoms with Crippen molar-refractivity contribution < 1.29 is 35.6 Å². The summed E-state index contributed by atoms with van der Waals surface area (Å²) >= 11 is 0. The number of primary amides is 1. The summed E-state index contributed by atoms with van der Waals surface area (Å²) in [7, 11) is -2.13. The highest BCUT2D eigenvalue weighted by molar-refractivity contribution is 7.92. The maximum atomic E-state index is 13.6. The zero-order chi connectivity index (χ0) is 28.5. The molecule has 2 aromatic rings. The summed E-state index contributed by atoms with van der Waals surface area (Å²) in [5, 5.41) is 6.44. The smallest absolute Gasteiger partial charge is 0.388 e. The number of alkyl halides is 3. The van der Waals surface area contributed by atoms with Gasteiger partial charge in [-0.3, -0.25) is 9.59 Å². The minimum Gasteiger partial charge on any atom is -0.388 e. The fourth-order valence-corrected chi connectivity index (χ4v) is 5.52. The van der Waals surface area contributed by atoms with Crippen LogP contribution in [0.5, 0.6) is 0 Å². The molecular weight excluding hydrogens is 528 g/mol. The lowest BCUT2D eigenvalue weighted by Crippen LogP contribution is -2.62. The van der Waals surface area contributed by atoms with Crippen molar-refractivity contribution in [1.82, 2.24) is 9.62 Å². The van der Waals surface area contributed by atoms with Crippen molar-refractivity contribution in [2.75, 3.05) is 25.5 Å². The molecule has 0 radical (unpaired) electrons. The van der Waals surface area contributed by atoms with E-state index in [1.165, 1.54) is 6.08 Å². The molecular formula is C25H28F4N4O4S. The largest absolute Gasteiger partial charge is 0.419 e. The predicted octanol–water partition coefficient (Wildman–Crippen LogP) is 3.55. The Kier molecular flexibility index (Phi) is 8.22. The zero-order valence-corrected chi connectivity index (χ0v) is 21.8. The number of sulfonamides is 1. The first-order valence-electron chi connectivity index (χ1n) is 11.6. The molecule has 0 bridgehead atoms. The number of nitrogens with zero attached hydrogens (tertiary/aromatic N) is 1. The van der Waals surface area contributed by atoms with Gasteiger partial charge in [0.1, 0.15) is 11.4 Å². The van der Waals surface area contributed by atoms with Crippen LogP contribution in [0.25, 0.3) is 6.08 Å². The minimum absolute atomic E-state index is 0.177. The quantitative estimate of drug-likeness (QED) is 0.451. The summed E-state index contributed by atoms with van der Waals surface area (Å²) < 4.78 is 79.8. The molecule has 3 rings (SSSR count). The zero-order valence-electron chi connectivity index (χ0n) is 20.9. The maximum absolute atomic E-state index is 13.6. The van der Waals surface area contributed by atoms with E-state index in [-0.39, 0.29) is 25.9 Å². The van der Waals surface area contributed by atoms with Crippen molar-refractivity contribution in [2.45, 2.75) is 38.4 Å². The lowest BCUT2D eigenvalue weighted by molar-refractivity contribution is -0.140. The molecule has 4 N–H and O–H groups in total. The normalized spacial score (nSPS) is 16.4. The molecule has 0 atom stereocenters. The van der Waals surface area contributed by atoms with Crippen molar-refractivity contribution in [2.24, 2.45) is 5.73 Å². The van der Waals surface area contributed by atoms with Gasteiger partial charge in [-0.2, -0.15) is 17.5 Å². The van der Waals surface area contributed by atoms with Crippen LogP contribution in [-0.4, -0.2) is 50.2 Å². The second kappa shape index (κ2) is 10.7. The molecule has 0 spiro atoms. The molecule has 2 amide bonds. The summed E-state index contributed by atoms with van der Waals surface area (Å²) in [6.07, 6.45) is -3.95. The van der Waals surface area contributed by atoms with Crippen molar-refractivity contribution in [3.05, 3.63) is 69.4 Å². The van der Waals surface area contributed by atoms with Crippen LogP contribution < -0.4 is 16.4 Å². The molecule has 1 saturated heterocycles. The van der Waals surface area contributed by atoms with E-state index in [2.05, 4.69) is 10.6 Å². The lowest BCUT2D eigenvalue weighted by atomic mass is 9.87. The number of carbonyl (C=O) groups is 2. The molecule has 1 heterocycles. The van der Waals surface area contributed by atoms with Crippen LogP contribution in [0.4, 0.5) is 23.2 Å². The van der Waals surface area contributed by atoms with Crippen LogP contribution in [0.2, 0.25) is 0 Å². The average molecular weight is 557 g/mol. The van der Waals surface area contributed by atoms with Gasteiger partial charge in [-0.15, -0.1) is 0 Å². The fourth-order valence-electron chi connectivity index (χ4n) is 4.35. The maximum Gasteiger partial charge on any atom is 0.419 e. The van der Waals surface area contributed by atoms with E-state index in [1.54, 1.807) is 7.05 Å². The second-order valence-electron chi connectivity index (χ2n) is 9.11. The van der Waals surface area contributed by atoms with Crippen molar-refractivity contribution in [1.29, 1.82) is 0 Å². The topological polar surface area (TPSA) is 122 Å². The molecule has 8 nitrogen and oxygen atoms in total. The number of piperidine rings is 1. The van der Waals surface area contributed by atoms with E-state index >= 15 is 0 Å². The van der Waals surface area contributed by atoms with Gasteiger partial charge in [0, 0.05) is 36.8 Å². The third-order valence-electron chi connectivity index (χ3n) is 6.58. The van der Waals surface area contributed by atoms with Gasteiger partial charge in [0.05, 0.1) is 5.56 Å². The number of anilines is 1. The van der Waals surface area contributed by atoms with Crippen LogP contribution in [0, 0.1) is 19.7 Å². The Morgan fingerprint density at radius 3 is 2.16 bits per heavy atom. The summed E-state index contributed by atoms with van der Waals surface area (Å²) in [5.41, 5.74) is 5.02. The van der Waals surface area contributed by atoms with Gasteiger partial charge in [-0.25, -0.2) is 12.8 Å². The molecule has 206 valence electrons. The average Bonchev–Trinajstić information content (AvgIpc) is 2.83. The van der Waals surface area contributed by atoms with Crippen LogP contribution in [0.3, 0.4) is 0 Å². The first kappa shape index (κ1) is 29.1. The minimum atomic E-state index is -5.03. The van der Waals surface area contributed by atoms with Crippen LogP contribution in [0.1, 0.15) is 45.5 Å². The Hall–Kier alpha value is -3.45. The number of aryl methyl sites for hydroxylation is 2. The molecule has 1 aliphatic heterocycles. The third-order valence-corrected chi connectivity index (χ3v) is 8.15. The molecule has 0 aliphatic carbocycles. The van der Waals surface area contributed by atoms with Gasteiger partial charge >= 0.3 is 6.18 Å². The summed E-state index contributed by atoms with van der Waals surface area (Å²) in [4.78, 5) is 25.0. The van der Waals surface area contributed by atoms with Crippen LogP contribution >= 0.6 is 0 Å². The van der Waals surface area contributed by atoms with E-state index in [4.69, 9.17) is 5.73 Å². The van der Waals surface area contributed by atoms with Gasteiger partial charge in [-0.05, 0) is 79.8 Å². The van der Waals surface area contributed by atoms with E-state index in [0.29, 0.717) is 12.1 Å². The molecule has 0 unspecified atom stereocenters. The molecule has 2 aromatic carbocycles. The molecule has 0 saturated carbocycles. The van der Waals surface area contributed by atoms with Gasteiger partial charge in [-0.1, -0.05) is 0 Å². The molecule has 13 heteroatoms. The van der Waals surface area contributed by atoms with Gasteiger partial charge in [0.15, 0.2) is 0 Å². The Labute approximate surface area is 217 Å². The first-order valence-corrected chi connectivity index (χ1v) is 13.1. The molecule has 38 heavy (non-hydrogen) atoms. The molecule has 1 aliphatic rings. The SMILES string of the molecule is CNc1cc(C)c(/C=C/S(=O)(=O)N2CCC(NC(=O)c3ccc(F)c(C(F)(F)F)c3)(C(N)=O)CC2)c(C)c1. The third kappa shape index (κ3) is 6.16. The summed E-state index contributed by atoms with van der Waals surface area (Å²) in [5.74, 6) is -3.58. The Bertz CT molecular complexity index is 1360.